The number of hydrazone groups is 1. The third kappa shape index (κ3) is 8.39. The fraction of sp³-hybridized carbons (Fsp3) is 0.200. The first-order valence-corrected chi connectivity index (χ1v) is 15.0. The van der Waals surface area contributed by atoms with Crippen molar-refractivity contribution in [3.8, 4) is 11.5 Å². The van der Waals surface area contributed by atoms with Gasteiger partial charge >= 0.3 is 5.97 Å². The molecule has 3 N–H and O–H groups in total. The fourth-order valence-electron chi connectivity index (χ4n) is 4.17. The second-order valence-corrected chi connectivity index (χ2v) is 11.2. The van der Waals surface area contributed by atoms with E-state index in [0.29, 0.717) is 53.5 Å². The van der Waals surface area contributed by atoms with Crippen molar-refractivity contribution >= 4 is 67.3 Å². The molecule has 0 saturated heterocycles. The zero-order valence-corrected chi connectivity index (χ0v) is 27.1. The van der Waals surface area contributed by atoms with Crippen molar-refractivity contribution in [2.24, 2.45) is 5.10 Å². The highest BCUT2D eigenvalue weighted by atomic mass is 79.9. The number of rotatable bonds is 11. The van der Waals surface area contributed by atoms with E-state index in [2.05, 4.69) is 53.0 Å². The molecule has 0 fully saturated rings. The lowest BCUT2D eigenvalue weighted by atomic mass is 9.95. The largest absolute Gasteiger partial charge is 0.486 e. The Morgan fingerprint density at radius 3 is 2.51 bits per heavy atom. The second-order valence-electron chi connectivity index (χ2n) is 9.10. The number of thiocarbonyl (C=S) groups is 1. The summed E-state index contributed by atoms with van der Waals surface area (Å²) in [6, 6.07) is 16.3. The summed E-state index contributed by atoms with van der Waals surface area (Å²) in [6.45, 7) is 3.40. The van der Waals surface area contributed by atoms with Crippen molar-refractivity contribution in [1.82, 2.24) is 16.1 Å². The summed E-state index contributed by atoms with van der Waals surface area (Å²) in [7, 11) is 0. The Kier molecular flexibility index (Phi) is 11.3. The molecule has 0 radical (unpaired) electrons. The number of ether oxygens (including phenoxy) is 3. The van der Waals surface area contributed by atoms with E-state index in [4.69, 9.17) is 26.4 Å². The molecule has 224 valence electrons. The number of hydrogen-bond donors (Lipinski definition) is 3. The maximum absolute atomic E-state index is 13.9. The van der Waals surface area contributed by atoms with Gasteiger partial charge in [0.15, 0.2) is 11.7 Å². The van der Waals surface area contributed by atoms with Gasteiger partial charge in [-0.15, -0.1) is 0 Å². The second kappa shape index (κ2) is 15.1. The van der Waals surface area contributed by atoms with E-state index < -0.39 is 17.9 Å². The number of amides is 1. The van der Waals surface area contributed by atoms with Crippen molar-refractivity contribution in [3.63, 3.8) is 0 Å². The highest BCUT2D eigenvalue weighted by Crippen LogP contribution is 2.35. The van der Waals surface area contributed by atoms with Gasteiger partial charge in [-0.1, -0.05) is 36.4 Å². The molecule has 1 aliphatic heterocycles. The molecule has 9 nitrogen and oxygen atoms in total. The molecule has 43 heavy (non-hydrogen) atoms. The molecule has 1 aliphatic rings. The monoisotopic (exact) mass is 732 g/mol. The molecule has 3 aromatic carbocycles. The van der Waals surface area contributed by atoms with Gasteiger partial charge < -0.3 is 24.8 Å². The maximum atomic E-state index is 13.9. The van der Waals surface area contributed by atoms with Gasteiger partial charge in [0.2, 0.25) is 0 Å². The number of para-hydroxylation sites is 1. The number of carbonyl (C=O) groups is 2. The molecular formula is C30H27Br2FN4O5S. The van der Waals surface area contributed by atoms with E-state index in [1.54, 1.807) is 68.4 Å². The van der Waals surface area contributed by atoms with Crippen molar-refractivity contribution in [2.75, 3.05) is 13.2 Å². The molecule has 1 amide bonds. The van der Waals surface area contributed by atoms with Crippen LogP contribution in [0.15, 0.2) is 86.0 Å². The smallest absolute Gasteiger partial charge is 0.338 e. The van der Waals surface area contributed by atoms with Gasteiger partial charge in [-0.05, 0) is 87.8 Å². The predicted octanol–water partition coefficient (Wildman–Crippen LogP) is 5.81. The van der Waals surface area contributed by atoms with Gasteiger partial charge in [-0.2, -0.15) is 5.10 Å². The van der Waals surface area contributed by atoms with Gasteiger partial charge in [-0.25, -0.2) is 14.6 Å². The molecular weight excluding hydrogens is 707 g/mol. The minimum atomic E-state index is -0.638. The normalized spacial score (nSPS) is 14.6. The average Bonchev–Trinajstić information content (AvgIpc) is 2.96. The van der Waals surface area contributed by atoms with Crippen LogP contribution in [-0.2, 0) is 20.9 Å². The summed E-state index contributed by atoms with van der Waals surface area (Å²) in [5.74, 6) is -0.450. The maximum Gasteiger partial charge on any atom is 0.338 e. The Morgan fingerprint density at radius 1 is 1.09 bits per heavy atom. The van der Waals surface area contributed by atoms with E-state index in [1.807, 2.05) is 0 Å². The van der Waals surface area contributed by atoms with Gasteiger partial charge in [0.25, 0.3) is 5.91 Å². The molecule has 4 rings (SSSR count). The lowest BCUT2D eigenvalue weighted by Crippen LogP contribution is -2.45. The van der Waals surface area contributed by atoms with Crippen molar-refractivity contribution in [3.05, 3.63) is 103 Å². The quantitative estimate of drug-likeness (QED) is 0.0981. The lowest BCUT2D eigenvalue weighted by molar-refractivity contribution is -0.139. The Balaban J connectivity index is 1.38. The molecule has 1 atom stereocenters. The van der Waals surface area contributed by atoms with Crippen LogP contribution in [0.5, 0.6) is 11.5 Å². The van der Waals surface area contributed by atoms with Crippen LogP contribution in [0.2, 0.25) is 0 Å². The molecule has 0 aromatic heterocycles. The summed E-state index contributed by atoms with van der Waals surface area (Å²) in [4.78, 5) is 25.3. The van der Waals surface area contributed by atoms with Gasteiger partial charge in [-0.3, -0.25) is 4.79 Å². The Hall–Kier alpha value is -3.81. The summed E-state index contributed by atoms with van der Waals surface area (Å²) in [5, 5.41) is 10.4. The van der Waals surface area contributed by atoms with Crippen LogP contribution in [0.1, 0.15) is 36.6 Å². The van der Waals surface area contributed by atoms with Gasteiger partial charge in [0.05, 0.1) is 33.4 Å². The SMILES string of the molecule is CCOC(=O)C1=C(C)NC(=S)N[C@@H]1c1ccccc1OCC(=O)NN=Cc1cc(Br)c(OCc2ccccc2F)c(Br)c1. The van der Waals surface area contributed by atoms with Crippen LogP contribution in [0.25, 0.3) is 0 Å². The zero-order valence-electron chi connectivity index (χ0n) is 23.1. The zero-order chi connectivity index (χ0) is 30.9. The van der Waals surface area contributed by atoms with Crippen LogP contribution < -0.4 is 25.5 Å². The van der Waals surface area contributed by atoms with E-state index in [1.165, 1.54) is 12.3 Å². The minimum absolute atomic E-state index is 0.0525. The van der Waals surface area contributed by atoms with Crippen LogP contribution in [0.4, 0.5) is 4.39 Å². The average molecular weight is 734 g/mol. The molecule has 0 saturated carbocycles. The molecule has 0 bridgehead atoms. The Bertz CT molecular complexity index is 1580. The number of allylic oxidation sites excluding steroid dienone is 1. The van der Waals surface area contributed by atoms with Crippen LogP contribution >= 0.6 is 44.1 Å². The number of benzene rings is 3. The molecule has 0 spiro atoms. The summed E-state index contributed by atoms with van der Waals surface area (Å²) >= 11 is 12.2. The van der Waals surface area contributed by atoms with E-state index >= 15 is 0 Å². The molecule has 0 aliphatic carbocycles. The number of halogens is 3. The number of esters is 1. The number of nitrogens with one attached hydrogen (secondary N) is 3. The fourth-order valence-corrected chi connectivity index (χ4v) is 5.89. The Morgan fingerprint density at radius 2 is 1.79 bits per heavy atom. The minimum Gasteiger partial charge on any atom is -0.486 e. The summed E-state index contributed by atoms with van der Waals surface area (Å²) in [5.41, 5.74) is 5.06. The summed E-state index contributed by atoms with van der Waals surface area (Å²) in [6.07, 6.45) is 1.46. The van der Waals surface area contributed by atoms with Crippen LogP contribution in [-0.4, -0.2) is 36.4 Å². The van der Waals surface area contributed by atoms with Gasteiger partial charge in [0.1, 0.15) is 23.9 Å². The molecule has 1 heterocycles. The van der Waals surface area contributed by atoms with Crippen molar-refractivity contribution < 1.29 is 28.2 Å². The van der Waals surface area contributed by atoms with E-state index in [9.17, 15) is 14.0 Å². The van der Waals surface area contributed by atoms with Crippen molar-refractivity contribution in [2.45, 2.75) is 26.5 Å². The highest BCUT2D eigenvalue weighted by Gasteiger charge is 2.32. The first-order valence-electron chi connectivity index (χ1n) is 13.0. The summed E-state index contributed by atoms with van der Waals surface area (Å²) < 4.78 is 32.0. The van der Waals surface area contributed by atoms with Crippen molar-refractivity contribution in [1.29, 1.82) is 0 Å². The van der Waals surface area contributed by atoms with Gasteiger partial charge in [0, 0.05) is 16.8 Å². The van der Waals surface area contributed by atoms with E-state index in [-0.39, 0.29) is 25.6 Å². The first-order chi connectivity index (χ1) is 20.7. The number of nitrogens with zero attached hydrogens (tertiary/aromatic N) is 1. The third-order valence-corrected chi connectivity index (χ3v) is 7.50. The molecule has 0 unspecified atom stereocenters. The first kappa shape index (κ1) is 32.1. The standard InChI is InChI=1S/C30H27Br2FN4O5S/c1-3-40-29(39)26-17(2)35-30(43)36-27(26)20-9-5-7-11-24(20)41-16-25(38)37-34-14-18-12-21(31)28(22(32)13-18)42-15-19-8-4-6-10-23(19)33/h4-14,27H,3,15-16H2,1-2H3,(H,37,38)(H2,35,36,43)/t27-/m1/s1. The Labute approximate surface area is 270 Å². The third-order valence-electron chi connectivity index (χ3n) is 6.11. The topological polar surface area (TPSA) is 110 Å². The van der Waals surface area contributed by atoms with Crippen LogP contribution in [0, 0.1) is 5.82 Å². The lowest BCUT2D eigenvalue weighted by Gasteiger charge is -2.30. The van der Waals surface area contributed by atoms with E-state index in [0.717, 1.165) is 0 Å². The molecule has 13 heteroatoms. The number of carbonyl (C=O) groups excluding carboxylic acids is 2. The predicted molar refractivity (Wildman–Crippen MR) is 171 cm³/mol. The number of hydrogen-bond acceptors (Lipinski definition) is 7. The highest BCUT2D eigenvalue weighted by molar-refractivity contribution is 9.11. The van der Waals surface area contributed by atoms with Crippen LogP contribution in [0.3, 0.4) is 0 Å². The molecule has 3 aromatic rings.